The molecular weight excluding hydrogens is 352 g/mol. The first-order chi connectivity index (χ1) is 13.2. The van der Waals surface area contributed by atoms with Gasteiger partial charge in [0.05, 0.1) is 5.39 Å². The van der Waals surface area contributed by atoms with Crippen LogP contribution in [0.3, 0.4) is 0 Å². The fourth-order valence-electron chi connectivity index (χ4n) is 3.84. The van der Waals surface area contributed by atoms with Crippen molar-refractivity contribution in [2.75, 3.05) is 25.0 Å². The van der Waals surface area contributed by atoms with Crippen molar-refractivity contribution in [3.63, 3.8) is 0 Å². The summed E-state index contributed by atoms with van der Waals surface area (Å²) in [5.74, 6) is 1.71. The van der Waals surface area contributed by atoms with Gasteiger partial charge in [0.2, 0.25) is 0 Å². The van der Waals surface area contributed by atoms with Gasteiger partial charge in [-0.3, -0.25) is 4.90 Å². The summed E-state index contributed by atoms with van der Waals surface area (Å²) in [6.45, 7) is 8.84. The van der Waals surface area contributed by atoms with Gasteiger partial charge in [-0.05, 0) is 62.4 Å². The van der Waals surface area contributed by atoms with Crippen molar-refractivity contribution in [3.05, 3.63) is 52.7 Å². The number of nitrogens with one attached hydrogen (secondary N) is 1. The zero-order valence-electron chi connectivity index (χ0n) is 16.2. The van der Waals surface area contributed by atoms with Crippen LogP contribution in [0.1, 0.15) is 35.8 Å². The Morgan fingerprint density at radius 3 is 2.78 bits per heavy atom. The molecule has 4 nitrogen and oxygen atoms in total. The van der Waals surface area contributed by atoms with Crippen LogP contribution in [0.5, 0.6) is 0 Å². The minimum absolute atomic E-state index is 0.715. The third-order valence-corrected chi connectivity index (χ3v) is 6.84. The van der Waals surface area contributed by atoms with E-state index in [1.165, 1.54) is 47.3 Å². The van der Waals surface area contributed by atoms with Gasteiger partial charge in [0.25, 0.3) is 0 Å². The van der Waals surface area contributed by atoms with E-state index >= 15 is 0 Å². The highest BCUT2D eigenvalue weighted by molar-refractivity contribution is 7.18. The number of fused-ring (bicyclic) bond motifs is 1. The van der Waals surface area contributed by atoms with E-state index in [2.05, 4.69) is 64.4 Å². The Balaban J connectivity index is 1.31. The third-order valence-electron chi connectivity index (χ3n) is 5.65. The van der Waals surface area contributed by atoms with Crippen molar-refractivity contribution < 1.29 is 0 Å². The van der Waals surface area contributed by atoms with Crippen molar-refractivity contribution in [2.45, 2.75) is 39.7 Å². The molecule has 1 aromatic carbocycles. The van der Waals surface area contributed by atoms with Crippen molar-refractivity contribution in [1.29, 1.82) is 0 Å². The molecule has 1 saturated heterocycles. The van der Waals surface area contributed by atoms with Gasteiger partial charge in [0.15, 0.2) is 0 Å². The van der Waals surface area contributed by atoms with Crippen LogP contribution < -0.4 is 5.32 Å². The van der Waals surface area contributed by atoms with Gasteiger partial charge in [-0.1, -0.05) is 31.2 Å². The zero-order valence-corrected chi connectivity index (χ0v) is 17.1. The Morgan fingerprint density at radius 1 is 1.19 bits per heavy atom. The van der Waals surface area contributed by atoms with E-state index in [-0.39, 0.29) is 0 Å². The Labute approximate surface area is 165 Å². The quantitative estimate of drug-likeness (QED) is 0.661. The van der Waals surface area contributed by atoms with Crippen LogP contribution in [-0.2, 0) is 13.0 Å². The van der Waals surface area contributed by atoms with Crippen LogP contribution in [0.4, 0.5) is 5.82 Å². The lowest BCUT2D eigenvalue weighted by Gasteiger charge is -2.32. The maximum Gasteiger partial charge on any atom is 0.138 e. The van der Waals surface area contributed by atoms with Crippen molar-refractivity contribution in [2.24, 2.45) is 5.92 Å². The first kappa shape index (κ1) is 18.4. The topological polar surface area (TPSA) is 41.0 Å². The standard InChI is InChI=1S/C22H28N4S/c1-3-19-12-20-21(24-15-25-22(20)27-19)23-13-17-8-10-26(11-9-17)14-18-7-5-4-6-16(18)2/h4-7,12,15,17H,3,8-11,13-14H2,1-2H3,(H,23,24,25). The van der Waals surface area contributed by atoms with Crippen molar-refractivity contribution in [1.82, 2.24) is 14.9 Å². The molecule has 142 valence electrons. The second-order valence-electron chi connectivity index (χ2n) is 7.53. The van der Waals surface area contributed by atoms with Gasteiger partial charge in [-0.15, -0.1) is 11.3 Å². The summed E-state index contributed by atoms with van der Waals surface area (Å²) in [5, 5.41) is 4.78. The Morgan fingerprint density at radius 2 is 2.00 bits per heavy atom. The number of piperidine rings is 1. The molecule has 1 N–H and O–H groups in total. The van der Waals surface area contributed by atoms with Crippen molar-refractivity contribution in [3.8, 4) is 0 Å². The minimum Gasteiger partial charge on any atom is -0.369 e. The minimum atomic E-state index is 0.715. The number of likely N-dealkylation sites (tertiary alicyclic amines) is 1. The largest absolute Gasteiger partial charge is 0.369 e. The molecule has 1 fully saturated rings. The van der Waals surface area contributed by atoms with E-state index in [4.69, 9.17) is 0 Å². The molecule has 27 heavy (non-hydrogen) atoms. The van der Waals surface area contributed by atoms with E-state index in [0.717, 1.165) is 30.2 Å². The number of aromatic nitrogens is 2. The molecule has 0 atom stereocenters. The van der Waals surface area contributed by atoms with E-state index in [9.17, 15) is 0 Å². The summed E-state index contributed by atoms with van der Waals surface area (Å²) in [5.41, 5.74) is 2.86. The fourth-order valence-corrected chi connectivity index (χ4v) is 4.77. The molecule has 4 rings (SSSR count). The van der Waals surface area contributed by atoms with Gasteiger partial charge >= 0.3 is 0 Å². The maximum absolute atomic E-state index is 4.49. The van der Waals surface area contributed by atoms with Crippen LogP contribution in [0.15, 0.2) is 36.7 Å². The lowest BCUT2D eigenvalue weighted by molar-refractivity contribution is 0.182. The summed E-state index contributed by atoms with van der Waals surface area (Å²) in [6.07, 6.45) is 5.24. The highest BCUT2D eigenvalue weighted by Gasteiger charge is 2.20. The molecule has 0 saturated carbocycles. The lowest BCUT2D eigenvalue weighted by Crippen LogP contribution is -2.35. The van der Waals surface area contributed by atoms with E-state index in [1.807, 2.05) is 0 Å². The summed E-state index contributed by atoms with van der Waals surface area (Å²) in [4.78, 5) is 14.0. The van der Waals surface area contributed by atoms with Crippen LogP contribution in [0.25, 0.3) is 10.2 Å². The highest BCUT2D eigenvalue weighted by Crippen LogP contribution is 2.29. The molecule has 5 heteroatoms. The Hall–Kier alpha value is -1.98. The average Bonchev–Trinajstić information content (AvgIpc) is 3.13. The first-order valence-electron chi connectivity index (χ1n) is 9.97. The van der Waals surface area contributed by atoms with E-state index < -0.39 is 0 Å². The second-order valence-corrected chi connectivity index (χ2v) is 8.65. The van der Waals surface area contributed by atoms with Crippen molar-refractivity contribution >= 4 is 27.4 Å². The number of nitrogens with zero attached hydrogens (tertiary/aromatic N) is 3. The molecule has 0 bridgehead atoms. The summed E-state index contributed by atoms with van der Waals surface area (Å²) in [7, 11) is 0. The first-order valence-corrected chi connectivity index (χ1v) is 10.8. The van der Waals surface area contributed by atoms with Gasteiger partial charge in [0, 0.05) is 18.0 Å². The summed E-state index contributed by atoms with van der Waals surface area (Å²) >= 11 is 1.78. The van der Waals surface area contributed by atoms with E-state index in [1.54, 1.807) is 17.7 Å². The van der Waals surface area contributed by atoms with Gasteiger partial charge in [-0.2, -0.15) is 0 Å². The van der Waals surface area contributed by atoms with Crippen LogP contribution >= 0.6 is 11.3 Å². The smallest absolute Gasteiger partial charge is 0.138 e. The Bertz CT molecular complexity index is 896. The highest BCUT2D eigenvalue weighted by atomic mass is 32.1. The number of hydrogen-bond acceptors (Lipinski definition) is 5. The molecular formula is C22H28N4S. The number of anilines is 1. The monoisotopic (exact) mass is 380 g/mol. The van der Waals surface area contributed by atoms with Gasteiger partial charge in [-0.25, -0.2) is 9.97 Å². The van der Waals surface area contributed by atoms with Crippen LogP contribution in [-0.4, -0.2) is 34.5 Å². The molecule has 1 aliphatic heterocycles. The van der Waals surface area contributed by atoms with Gasteiger partial charge < -0.3 is 5.32 Å². The Kier molecular flexibility index (Phi) is 5.69. The predicted octanol–water partition coefficient (Wildman–Crippen LogP) is 4.89. The maximum atomic E-state index is 4.49. The number of hydrogen-bond donors (Lipinski definition) is 1. The summed E-state index contributed by atoms with van der Waals surface area (Å²) in [6, 6.07) is 11.0. The molecule has 2 aromatic heterocycles. The number of rotatable bonds is 6. The normalized spacial score (nSPS) is 16.1. The van der Waals surface area contributed by atoms with Gasteiger partial charge in [0.1, 0.15) is 17.0 Å². The number of thiophene rings is 1. The molecule has 0 radical (unpaired) electrons. The summed E-state index contributed by atoms with van der Waals surface area (Å²) < 4.78 is 0. The molecule has 1 aliphatic rings. The molecule has 3 aromatic rings. The molecule has 3 heterocycles. The molecule has 0 unspecified atom stereocenters. The molecule has 0 amide bonds. The van der Waals surface area contributed by atoms with Crippen LogP contribution in [0, 0.1) is 12.8 Å². The third kappa shape index (κ3) is 4.30. The van der Waals surface area contributed by atoms with Crippen LogP contribution in [0.2, 0.25) is 0 Å². The SMILES string of the molecule is CCc1cc2c(NCC3CCN(Cc4ccccc4C)CC3)ncnc2s1. The predicted molar refractivity (Wildman–Crippen MR) is 114 cm³/mol. The fraction of sp³-hybridized carbons (Fsp3) is 0.455. The number of benzene rings is 1. The zero-order chi connectivity index (χ0) is 18.6. The molecule has 0 spiro atoms. The van der Waals surface area contributed by atoms with E-state index in [0.29, 0.717) is 5.92 Å². The average molecular weight is 381 g/mol. The second kappa shape index (κ2) is 8.36. The molecule has 0 aliphatic carbocycles. The lowest BCUT2D eigenvalue weighted by atomic mass is 9.96. The number of aryl methyl sites for hydroxylation is 2.